The number of nitrogens with zero attached hydrogens (tertiary/aromatic N) is 4. The molecule has 1 aliphatic carbocycles. The highest BCUT2D eigenvalue weighted by molar-refractivity contribution is 7.17. The molecule has 2 N–H and O–H groups in total. The van der Waals surface area contributed by atoms with E-state index < -0.39 is 5.91 Å². The number of thiophene rings is 1. The number of aryl methyl sites for hydroxylation is 1. The number of likely N-dealkylation sites (N-methyl/N-ethyl adjacent to an activating group) is 1. The maximum absolute atomic E-state index is 11.9. The van der Waals surface area contributed by atoms with E-state index in [4.69, 9.17) is 20.4 Å². The van der Waals surface area contributed by atoms with Gasteiger partial charge in [-0.1, -0.05) is 6.07 Å². The van der Waals surface area contributed by atoms with Gasteiger partial charge in [-0.2, -0.15) is 0 Å². The summed E-state index contributed by atoms with van der Waals surface area (Å²) in [5.41, 5.74) is 9.97. The summed E-state index contributed by atoms with van der Waals surface area (Å²) in [4.78, 5) is 38.3. The van der Waals surface area contributed by atoms with Crippen molar-refractivity contribution >= 4 is 34.7 Å². The summed E-state index contributed by atoms with van der Waals surface area (Å²) < 4.78 is 5.76. The van der Waals surface area contributed by atoms with Crippen molar-refractivity contribution in [3.8, 4) is 16.5 Å². The van der Waals surface area contributed by atoms with Gasteiger partial charge in [0, 0.05) is 43.7 Å². The summed E-state index contributed by atoms with van der Waals surface area (Å²) in [7, 11) is 3.42. The highest BCUT2D eigenvalue weighted by Crippen LogP contribution is 2.41. The molecular formula is C24H25N5O3S. The van der Waals surface area contributed by atoms with Gasteiger partial charge in [0.1, 0.15) is 11.6 Å². The number of primary amides is 1. The summed E-state index contributed by atoms with van der Waals surface area (Å²) >= 11 is 1.32. The quantitative estimate of drug-likeness (QED) is 0.603. The smallest absolute Gasteiger partial charge is 0.259 e. The first-order valence-corrected chi connectivity index (χ1v) is 11.8. The van der Waals surface area contributed by atoms with Crippen LogP contribution in [0.2, 0.25) is 0 Å². The predicted molar refractivity (Wildman–Crippen MR) is 127 cm³/mol. The van der Waals surface area contributed by atoms with E-state index in [1.165, 1.54) is 27.4 Å². The average molecular weight is 464 g/mol. The summed E-state index contributed by atoms with van der Waals surface area (Å²) in [6, 6.07) is 9.55. The van der Waals surface area contributed by atoms with E-state index in [1.807, 2.05) is 18.2 Å². The lowest BCUT2D eigenvalue weighted by Gasteiger charge is -2.22. The summed E-state index contributed by atoms with van der Waals surface area (Å²) in [6.45, 7) is 0.814. The number of rotatable bonds is 6. The van der Waals surface area contributed by atoms with E-state index in [1.54, 1.807) is 20.2 Å². The Morgan fingerprint density at radius 1 is 1.15 bits per heavy atom. The summed E-state index contributed by atoms with van der Waals surface area (Å²) in [6.07, 6.45) is 3.82. The molecule has 33 heavy (non-hydrogen) atoms. The van der Waals surface area contributed by atoms with Crippen LogP contribution in [-0.2, 0) is 24.1 Å². The minimum atomic E-state index is -0.443. The van der Waals surface area contributed by atoms with Crippen molar-refractivity contribution in [3.63, 3.8) is 0 Å². The predicted octanol–water partition coefficient (Wildman–Crippen LogP) is 2.95. The number of benzene rings is 1. The zero-order chi connectivity index (χ0) is 23.1. The molecule has 0 saturated carbocycles. The molecule has 5 rings (SSSR count). The van der Waals surface area contributed by atoms with Gasteiger partial charge >= 0.3 is 0 Å². The molecule has 0 unspecified atom stereocenters. The molecule has 0 spiro atoms. The fourth-order valence-electron chi connectivity index (χ4n) is 4.28. The van der Waals surface area contributed by atoms with Crippen LogP contribution in [0.1, 0.15) is 32.9 Å². The Hall–Kier alpha value is -3.46. The number of hydrogen-bond acceptors (Lipinski definition) is 7. The fraction of sp³-hybridized carbons (Fsp3) is 0.333. The molecule has 0 saturated heterocycles. The van der Waals surface area contributed by atoms with Crippen LogP contribution in [0.25, 0.3) is 10.7 Å². The standard InChI is InChI=1S/C24H25N5O3S/c1-28(2)21(30)13-32-15-7-6-14-10-11-29(18(14)12-15)24-16-4-3-5-17(16)26-23(27-24)20-9-8-19(33-20)22(25)31/h6-9,12H,3-5,10-11,13H2,1-2H3,(H2,25,31). The topological polar surface area (TPSA) is 102 Å². The Bertz CT molecular complexity index is 1250. The Balaban J connectivity index is 1.50. The Morgan fingerprint density at radius 2 is 2.00 bits per heavy atom. The van der Waals surface area contributed by atoms with E-state index in [0.717, 1.165) is 54.3 Å². The van der Waals surface area contributed by atoms with Gasteiger partial charge in [-0.15, -0.1) is 11.3 Å². The first-order valence-electron chi connectivity index (χ1n) is 10.9. The van der Waals surface area contributed by atoms with Crippen molar-refractivity contribution in [3.05, 3.63) is 52.0 Å². The molecule has 3 aromatic rings. The second kappa shape index (κ2) is 8.47. The number of nitrogens with two attached hydrogens (primary N) is 1. The number of hydrogen-bond donors (Lipinski definition) is 1. The summed E-state index contributed by atoms with van der Waals surface area (Å²) in [5, 5.41) is 0. The zero-order valence-electron chi connectivity index (χ0n) is 18.6. The molecule has 2 amide bonds. The lowest BCUT2D eigenvalue weighted by molar-refractivity contribution is -0.130. The Kier molecular flexibility index (Phi) is 5.49. The van der Waals surface area contributed by atoms with Crippen LogP contribution >= 0.6 is 11.3 Å². The average Bonchev–Trinajstić information content (AvgIpc) is 3.55. The summed E-state index contributed by atoms with van der Waals surface area (Å²) in [5.74, 6) is 1.67. The normalized spacial score (nSPS) is 14.2. The Labute approximate surface area is 196 Å². The third-order valence-corrected chi connectivity index (χ3v) is 7.15. The SMILES string of the molecule is CN(C)C(=O)COc1ccc2c(c1)N(c1nc(-c3ccc(C(N)=O)s3)nc3c1CCC3)CC2. The number of aromatic nitrogens is 2. The molecule has 2 aromatic heterocycles. The van der Waals surface area contributed by atoms with Crippen molar-refractivity contribution < 1.29 is 14.3 Å². The molecule has 1 aromatic carbocycles. The van der Waals surface area contributed by atoms with Crippen molar-refractivity contribution in [2.24, 2.45) is 5.73 Å². The van der Waals surface area contributed by atoms with E-state index >= 15 is 0 Å². The van der Waals surface area contributed by atoms with Gasteiger partial charge in [-0.05, 0) is 49.4 Å². The molecule has 0 atom stereocenters. The van der Waals surface area contributed by atoms with Crippen molar-refractivity contribution in [2.45, 2.75) is 25.7 Å². The minimum Gasteiger partial charge on any atom is -0.484 e. The second-order valence-electron chi connectivity index (χ2n) is 8.45. The molecule has 9 heteroatoms. The molecule has 2 aliphatic rings. The van der Waals surface area contributed by atoms with E-state index in [-0.39, 0.29) is 12.5 Å². The third-order valence-electron chi connectivity index (χ3n) is 6.05. The van der Waals surface area contributed by atoms with Crippen LogP contribution in [0.3, 0.4) is 0 Å². The lowest BCUT2D eigenvalue weighted by Crippen LogP contribution is -2.27. The molecule has 0 radical (unpaired) electrons. The maximum Gasteiger partial charge on any atom is 0.259 e. The zero-order valence-corrected chi connectivity index (χ0v) is 19.4. The van der Waals surface area contributed by atoms with Crippen LogP contribution < -0.4 is 15.4 Å². The lowest BCUT2D eigenvalue weighted by atomic mass is 10.1. The van der Waals surface area contributed by atoms with E-state index in [0.29, 0.717) is 16.5 Å². The van der Waals surface area contributed by atoms with Crippen LogP contribution in [-0.4, -0.2) is 53.9 Å². The fourth-order valence-corrected chi connectivity index (χ4v) is 5.07. The maximum atomic E-state index is 11.9. The number of ether oxygens (including phenoxy) is 1. The van der Waals surface area contributed by atoms with Crippen molar-refractivity contribution in [1.29, 1.82) is 0 Å². The van der Waals surface area contributed by atoms with Crippen molar-refractivity contribution in [2.75, 3.05) is 32.1 Å². The van der Waals surface area contributed by atoms with Gasteiger partial charge in [0.25, 0.3) is 11.8 Å². The number of carbonyl (C=O) groups excluding carboxylic acids is 2. The highest BCUT2D eigenvalue weighted by atomic mass is 32.1. The largest absolute Gasteiger partial charge is 0.484 e. The first-order chi connectivity index (χ1) is 15.9. The molecular weight excluding hydrogens is 438 g/mol. The van der Waals surface area contributed by atoms with E-state index in [9.17, 15) is 9.59 Å². The van der Waals surface area contributed by atoms with Crippen LogP contribution in [0.5, 0.6) is 5.75 Å². The number of anilines is 2. The Morgan fingerprint density at radius 3 is 2.76 bits per heavy atom. The number of fused-ring (bicyclic) bond motifs is 2. The van der Waals surface area contributed by atoms with Gasteiger partial charge in [-0.3, -0.25) is 9.59 Å². The first kappa shape index (κ1) is 21.4. The van der Waals surface area contributed by atoms with Crippen molar-refractivity contribution in [1.82, 2.24) is 14.9 Å². The second-order valence-corrected chi connectivity index (χ2v) is 9.53. The molecule has 3 heterocycles. The molecule has 8 nitrogen and oxygen atoms in total. The van der Waals surface area contributed by atoms with Crippen LogP contribution in [0.15, 0.2) is 30.3 Å². The number of carbonyl (C=O) groups is 2. The van der Waals surface area contributed by atoms with Gasteiger partial charge in [-0.25, -0.2) is 9.97 Å². The van der Waals surface area contributed by atoms with Gasteiger partial charge in [0.05, 0.1) is 9.75 Å². The monoisotopic (exact) mass is 463 g/mol. The molecule has 0 bridgehead atoms. The van der Waals surface area contributed by atoms with Gasteiger partial charge < -0.3 is 20.3 Å². The minimum absolute atomic E-state index is 0.000581. The highest BCUT2D eigenvalue weighted by Gasteiger charge is 2.29. The van der Waals surface area contributed by atoms with Gasteiger partial charge in [0.15, 0.2) is 12.4 Å². The van der Waals surface area contributed by atoms with Gasteiger partial charge in [0.2, 0.25) is 0 Å². The molecule has 1 aliphatic heterocycles. The van der Waals surface area contributed by atoms with Crippen LogP contribution in [0, 0.1) is 0 Å². The third kappa shape index (κ3) is 4.04. The molecule has 170 valence electrons. The van der Waals surface area contributed by atoms with Crippen LogP contribution in [0.4, 0.5) is 11.5 Å². The number of amides is 2. The van der Waals surface area contributed by atoms with E-state index in [2.05, 4.69) is 11.0 Å². The molecule has 0 fully saturated rings.